The number of carboxylic acids is 2. The van der Waals surface area contributed by atoms with Crippen molar-refractivity contribution in [2.45, 2.75) is 11.8 Å². The highest BCUT2D eigenvalue weighted by atomic mass is 16.4. The van der Waals surface area contributed by atoms with Gasteiger partial charge in [0.15, 0.2) is 0 Å². The molecule has 1 fully saturated rings. The lowest BCUT2D eigenvalue weighted by Crippen LogP contribution is -2.51. The van der Waals surface area contributed by atoms with Gasteiger partial charge in [-0.1, -0.05) is 60.7 Å². The third-order valence-corrected chi connectivity index (χ3v) is 4.49. The van der Waals surface area contributed by atoms with Crippen LogP contribution >= 0.6 is 0 Å². The molecule has 2 N–H and O–H groups in total. The minimum absolute atomic E-state index is 0.317. The van der Waals surface area contributed by atoms with Gasteiger partial charge in [-0.25, -0.2) is 0 Å². The lowest BCUT2D eigenvalue weighted by atomic mass is 9.52. The van der Waals surface area contributed by atoms with Crippen LogP contribution < -0.4 is 0 Å². The monoisotopic (exact) mass is 296 g/mol. The molecule has 1 saturated carbocycles. The zero-order chi connectivity index (χ0) is 15.7. The Bertz CT molecular complexity index is 619. The third kappa shape index (κ3) is 2.26. The summed E-state index contributed by atoms with van der Waals surface area (Å²) in [6.45, 7) is 0. The lowest BCUT2D eigenvalue weighted by molar-refractivity contribution is -0.164. The molecule has 0 aromatic heterocycles. The number of hydrogen-bond acceptors (Lipinski definition) is 2. The summed E-state index contributed by atoms with van der Waals surface area (Å²) in [4.78, 5) is 23.2. The van der Waals surface area contributed by atoms with Gasteiger partial charge in [-0.3, -0.25) is 9.59 Å². The second-order valence-electron chi connectivity index (χ2n) is 5.60. The first-order valence-corrected chi connectivity index (χ1v) is 7.16. The highest BCUT2D eigenvalue weighted by molar-refractivity contribution is 5.85. The fraction of sp³-hybridized carbons (Fsp3) is 0.222. The van der Waals surface area contributed by atoms with E-state index in [1.165, 1.54) is 0 Å². The van der Waals surface area contributed by atoms with E-state index < -0.39 is 23.8 Å². The molecule has 0 spiro atoms. The average Bonchev–Trinajstić information content (AvgIpc) is 2.47. The van der Waals surface area contributed by atoms with Gasteiger partial charge in [-0.05, 0) is 11.1 Å². The van der Waals surface area contributed by atoms with Crippen molar-refractivity contribution in [2.75, 3.05) is 0 Å². The molecule has 0 amide bonds. The molecule has 0 aliphatic heterocycles. The van der Waals surface area contributed by atoms with E-state index in [0.717, 1.165) is 11.1 Å². The molecule has 4 nitrogen and oxygen atoms in total. The van der Waals surface area contributed by atoms with E-state index in [1.54, 1.807) is 0 Å². The maximum Gasteiger partial charge on any atom is 0.308 e. The molecule has 2 aromatic rings. The molecule has 0 bridgehead atoms. The van der Waals surface area contributed by atoms with Gasteiger partial charge in [0, 0.05) is 11.8 Å². The van der Waals surface area contributed by atoms with Gasteiger partial charge in [0.1, 0.15) is 0 Å². The van der Waals surface area contributed by atoms with Crippen LogP contribution in [0.4, 0.5) is 0 Å². The summed E-state index contributed by atoms with van der Waals surface area (Å²) in [6.07, 6.45) is 0. The second kappa shape index (κ2) is 5.64. The van der Waals surface area contributed by atoms with Gasteiger partial charge in [0.05, 0.1) is 11.8 Å². The van der Waals surface area contributed by atoms with Crippen molar-refractivity contribution in [1.29, 1.82) is 0 Å². The summed E-state index contributed by atoms with van der Waals surface area (Å²) in [5, 5.41) is 19.0. The first-order valence-electron chi connectivity index (χ1n) is 7.16. The van der Waals surface area contributed by atoms with Gasteiger partial charge in [0.25, 0.3) is 0 Å². The molecule has 4 heteroatoms. The lowest BCUT2D eigenvalue weighted by Gasteiger charge is -2.48. The number of rotatable bonds is 4. The molecule has 1 aliphatic carbocycles. The first kappa shape index (κ1) is 14.3. The number of benzene rings is 2. The molecule has 112 valence electrons. The van der Waals surface area contributed by atoms with Crippen molar-refractivity contribution in [3.05, 3.63) is 71.8 Å². The predicted molar refractivity (Wildman–Crippen MR) is 80.6 cm³/mol. The van der Waals surface area contributed by atoms with E-state index in [9.17, 15) is 19.8 Å². The molecule has 0 saturated heterocycles. The fourth-order valence-electron chi connectivity index (χ4n) is 3.54. The highest BCUT2D eigenvalue weighted by Gasteiger charge is 2.58. The minimum Gasteiger partial charge on any atom is -0.481 e. The van der Waals surface area contributed by atoms with E-state index in [2.05, 4.69) is 0 Å². The van der Waals surface area contributed by atoms with Crippen molar-refractivity contribution in [2.24, 2.45) is 11.8 Å². The van der Waals surface area contributed by atoms with Crippen LogP contribution in [0.25, 0.3) is 0 Å². The Morgan fingerprint density at radius 1 is 0.636 bits per heavy atom. The largest absolute Gasteiger partial charge is 0.481 e. The van der Waals surface area contributed by atoms with E-state index in [1.807, 2.05) is 60.7 Å². The molecule has 0 unspecified atom stereocenters. The van der Waals surface area contributed by atoms with Gasteiger partial charge < -0.3 is 10.2 Å². The summed E-state index contributed by atoms with van der Waals surface area (Å²) in [5.74, 6) is -4.53. The summed E-state index contributed by atoms with van der Waals surface area (Å²) in [5.41, 5.74) is 1.75. The van der Waals surface area contributed by atoms with Crippen LogP contribution in [0.1, 0.15) is 23.0 Å². The SMILES string of the molecule is O=C(O)[C@@H]1[C@@H](C(=O)O)[C@H](c2ccccc2)[C@@H]1c1ccccc1. The summed E-state index contributed by atoms with van der Waals surface area (Å²) in [6, 6.07) is 18.6. The van der Waals surface area contributed by atoms with Gasteiger partial charge in [-0.2, -0.15) is 0 Å². The summed E-state index contributed by atoms with van der Waals surface area (Å²) in [7, 11) is 0. The normalized spacial score (nSPS) is 26.9. The van der Waals surface area contributed by atoms with Crippen LogP contribution in [-0.2, 0) is 9.59 Å². The fourth-order valence-corrected chi connectivity index (χ4v) is 3.54. The average molecular weight is 296 g/mol. The molecule has 4 atom stereocenters. The van der Waals surface area contributed by atoms with E-state index in [-0.39, 0.29) is 11.8 Å². The number of carboxylic acid groups (broad SMARTS) is 2. The van der Waals surface area contributed by atoms with Gasteiger partial charge in [0.2, 0.25) is 0 Å². The number of carbonyl (C=O) groups is 2. The second-order valence-corrected chi connectivity index (χ2v) is 5.60. The highest BCUT2D eigenvalue weighted by Crippen LogP contribution is 2.57. The standard InChI is InChI=1S/C18H16O4/c19-17(20)15-13(11-7-3-1-4-8-11)14(16(15)18(21)22)12-9-5-2-6-10-12/h1-10,13-16H,(H,19,20)(H,21,22)/t13-,14+,15-,16-/m0/s1. The number of aliphatic carboxylic acids is 2. The van der Waals surface area contributed by atoms with Crippen LogP contribution in [0.5, 0.6) is 0 Å². The Labute approximate surface area is 128 Å². The van der Waals surface area contributed by atoms with Crippen LogP contribution in [0.3, 0.4) is 0 Å². The van der Waals surface area contributed by atoms with E-state index in [4.69, 9.17) is 0 Å². The van der Waals surface area contributed by atoms with Crippen molar-refractivity contribution >= 4 is 11.9 Å². The molecule has 22 heavy (non-hydrogen) atoms. The third-order valence-electron chi connectivity index (χ3n) is 4.49. The topological polar surface area (TPSA) is 74.6 Å². The van der Waals surface area contributed by atoms with Crippen LogP contribution in [0, 0.1) is 11.8 Å². The van der Waals surface area contributed by atoms with Gasteiger partial charge >= 0.3 is 11.9 Å². The van der Waals surface area contributed by atoms with Crippen molar-refractivity contribution in [3.63, 3.8) is 0 Å². The van der Waals surface area contributed by atoms with Gasteiger partial charge in [-0.15, -0.1) is 0 Å². The zero-order valence-corrected chi connectivity index (χ0v) is 11.8. The molecular formula is C18H16O4. The molecular weight excluding hydrogens is 280 g/mol. The summed E-state index contributed by atoms with van der Waals surface area (Å²) < 4.78 is 0. The minimum atomic E-state index is -1.05. The van der Waals surface area contributed by atoms with Crippen molar-refractivity contribution in [3.8, 4) is 0 Å². The predicted octanol–water partition coefficient (Wildman–Crippen LogP) is 2.97. The van der Waals surface area contributed by atoms with Crippen molar-refractivity contribution in [1.82, 2.24) is 0 Å². The van der Waals surface area contributed by atoms with E-state index >= 15 is 0 Å². The van der Waals surface area contributed by atoms with Crippen LogP contribution in [-0.4, -0.2) is 22.2 Å². The Balaban J connectivity index is 2.07. The molecule has 0 radical (unpaired) electrons. The maximum atomic E-state index is 11.6. The van der Waals surface area contributed by atoms with Crippen molar-refractivity contribution < 1.29 is 19.8 Å². The number of hydrogen-bond donors (Lipinski definition) is 2. The Hall–Kier alpha value is -2.62. The molecule has 0 heterocycles. The smallest absolute Gasteiger partial charge is 0.308 e. The Morgan fingerprint density at radius 3 is 1.23 bits per heavy atom. The Morgan fingerprint density at radius 2 is 0.955 bits per heavy atom. The molecule has 3 rings (SSSR count). The molecule has 2 aromatic carbocycles. The molecule has 1 aliphatic rings. The first-order chi connectivity index (χ1) is 10.6. The maximum absolute atomic E-state index is 11.6. The zero-order valence-electron chi connectivity index (χ0n) is 11.8. The quantitative estimate of drug-likeness (QED) is 0.909. The summed E-state index contributed by atoms with van der Waals surface area (Å²) >= 11 is 0. The van der Waals surface area contributed by atoms with Crippen LogP contribution in [0.2, 0.25) is 0 Å². The Kier molecular flexibility index (Phi) is 3.67. The van der Waals surface area contributed by atoms with Crippen LogP contribution in [0.15, 0.2) is 60.7 Å². The van der Waals surface area contributed by atoms with E-state index in [0.29, 0.717) is 0 Å².